The SMILES string of the molecule is CCc1ccc(CCNC(N)=NCCOC)cc1. The summed E-state index contributed by atoms with van der Waals surface area (Å²) in [5.74, 6) is 0.484. The van der Waals surface area contributed by atoms with E-state index >= 15 is 0 Å². The largest absolute Gasteiger partial charge is 0.383 e. The predicted octanol–water partition coefficient (Wildman–Crippen LogP) is 1.34. The van der Waals surface area contributed by atoms with Crippen molar-refractivity contribution in [2.45, 2.75) is 19.8 Å². The van der Waals surface area contributed by atoms with Crippen molar-refractivity contribution in [3.8, 4) is 0 Å². The Bertz CT molecular complexity index is 360. The van der Waals surface area contributed by atoms with Crippen LogP contribution < -0.4 is 11.1 Å². The molecule has 3 N–H and O–H groups in total. The van der Waals surface area contributed by atoms with Crippen LogP contribution in [0.4, 0.5) is 0 Å². The molecule has 0 atom stereocenters. The van der Waals surface area contributed by atoms with Crippen molar-refractivity contribution in [3.63, 3.8) is 0 Å². The smallest absolute Gasteiger partial charge is 0.188 e. The first-order valence-corrected chi connectivity index (χ1v) is 6.36. The lowest BCUT2D eigenvalue weighted by Gasteiger charge is -2.06. The molecular formula is C14H23N3O. The summed E-state index contributed by atoms with van der Waals surface area (Å²) in [7, 11) is 1.65. The summed E-state index contributed by atoms with van der Waals surface area (Å²) in [5.41, 5.74) is 8.39. The van der Waals surface area contributed by atoms with Crippen LogP contribution in [-0.4, -0.2) is 32.8 Å². The van der Waals surface area contributed by atoms with Gasteiger partial charge in [0.1, 0.15) is 0 Å². The molecule has 0 radical (unpaired) electrons. The fourth-order valence-electron chi connectivity index (χ4n) is 1.59. The van der Waals surface area contributed by atoms with Crippen molar-refractivity contribution in [1.82, 2.24) is 5.32 Å². The molecule has 0 bridgehead atoms. The van der Waals surface area contributed by atoms with E-state index in [4.69, 9.17) is 10.5 Å². The first-order valence-electron chi connectivity index (χ1n) is 6.36. The summed E-state index contributed by atoms with van der Waals surface area (Å²) in [6.45, 7) is 4.16. The highest BCUT2D eigenvalue weighted by Gasteiger charge is 1.95. The highest BCUT2D eigenvalue weighted by molar-refractivity contribution is 5.77. The topological polar surface area (TPSA) is 59.6 Å². The number of nitrogens with two attached hydrogens (primary N) is 1. The van der Waals surface area contributed by atoms with Gasteiger partial charge in [0.2, 0.25) is 0 Å². The molecule has 0 fully saturated rings. The van der Waals surface area contributed by atoms with Gasteiger partial charge in [-0.05, 0) is 24.0 Å². The van der Waals surface area contributed by atoms with Gasteiger partial charge in [0, 0.05) is 13.7 Å². The van der Waals surface area contributed by atoms with Crippen molar-refractivity contribution in [2.75, 3.05) is 26.8 Å². The molecule has 0 amide bonds. The van der Waals surface area contributed by atoms with Gasteiger partial charge in [0.15, 0.2) is 5.96 Å². The normalized spacial score (nSPS) is 11.6. The van der Waals surface area contributed by atoms with Gasteiger partial charge >= 0.3 is 0 Å². The molecule has 0 aliphatic heterocycles. The Morgan fingerprint density at radius 3 is 2.56 bits per heavy atom. The molecule has 0 heterocycles. The maximum Gasteiger partial charge on any atom is 0.188 e. The zero-order valence-electron chi connectivity index (χ0n) is 11.3. The maximum atomic E-state index is 5.71. The van der Waals surface area contributed by atoms with Crippen molar-refractivity contribution < 1.29 is 4.74 Å². The lowest BCUT2D eigenvalue weighted by Crippen LogP contribution is -2.33. The predicted molar refractivity (Wildman–Crippen MR) is 75.9 cm³/mol. The maximum absolute atomic E-state index is 5.71. The molecule has 4 nitrogen and oxygen atoms in total. The summed E-state index contributed by atoms with van der Waals surface area (Å²) in [4.78, 5) is 4.13. The summed E-state index contributed by atoms with van der Waals surface area (Å²) in [5, 5.41) is 3.09. The van der Waals surface area contributed by atoms with Gasteiger partial charge in [-0.2, -0.15) is 0 Å². The molecule has 0 saturated carbocycles. The molecule has 100 valence electrons. The van der Waals surface area contributed by atoms with Crippen LogP contribution in [0.25, 0.3) is 0 Å². The van der Waals surface area contributed by atoms with Crippen molar-refractivity contribution in [1.29, 1.82) is 0 Å². The fraction of sp³-hybridized carbons (Fsp3) is 0.500. The first-order chi connectivity index (χ1) is 8.76. The Morgan fingerprint density at radius 2 is 1.94 bits per heavy atom. The third kappa shape index (κ3) is 5.68. The van der Waals surface area contributed by atoms with Crippen molar-refractivity contribution in [2.24, 2.45) is 10.7 Å². The fourth-order valence-corrected chi connectivity index (χ4v) is 1.59. The van der Waals surface area contributed by atoms with E-state index in [1.165, 1.54) is 11.1 Å². The number of hydrogen-bond acceptors (Lipinski definition) is 2. The van der Waals surface area contributed by atoms with Crippen LogP contribution in [0.2, 0.25) is 0 Å². The molecule has 4 heteroatoms. The number of aliphatic imine (C=N–C) groups is 1. The molecule has 1 aromatic rings. The summed E-state index contributed by atoms with van der Waals surface area (Å²) in [6.07, 6.45) is 2.03. The second kappa shape index (κ2) is 8.53. The van der Waals surface area contributed by atoms with Gasteiger partial charge in [-0.15, -0.1) is 0 Å². The molecular weight excluding hydrogens is 226 g/mol. The second-order valence-corrected chi connectivity index (χ2v) is 4.11. The Hall–Kier alpha value is -1.55. The molecule has 0 unspecified atom stereocenters. The second-order valence-electron chi connectivity index (χ2n) is 4.11. The average Bonchev–Trinajstić information content (AvgIpc) is 2.40. The van der Waals surface area contributed by atoms with Crippen LogP contribution in [0.3, 0.4) is 0 Å². The Balaban J connectivity index is 2.26. The molecule has 0 saturated heterocycles. The van der Waals surface area contributed by atoms with Crippen LogP contribution in [-0.2, 0) is 17.6 Å². The van der Waals surface area contributed by atoms with E-state index in [0.29, 0.717) is 19.1 Å². The van der Waals surface area contributed by atoms with Crippen LogP contribution in [0.5, 0.6) is 0 Å². The van der Waals surface area contributed by atoms with Gasteiger partial charge in [0.25, 0.3) is 0 Å². The summed E-state index contributed by atoms with van der Waals surface area (Å²) >= 11 is 0. The van der Waals surface area contributed by atoms with Gasteiger partial charge in [-0.25, -0.2) is 0 Å². The summed E-state index contributed by atoms with van der Waals surface area (Å²) < 4.78 is 4.90. The lowest BCUT2D eigenvalue weighted by molar-refractivity contribution is 0.208. The number of methoxy groups -OCH3 is 1. The number of guanidine groups is 1. The Morgan fingerprint density at radius 1 is 1.28 bits per heavy atom. The van der Waals surface area contributed by atoms with Crippen LogP contribution in [0.1, 0.15) is 18.1 Å². The molecule has 0 aliphatic rings. The molecule has 0 aliphatic carbocycles. The third-order valence-electron chi connectivity index (χ3n) is 2.73. The molecule has 0 spiro atoms. The van der Waals surface area contributed by atoms with Gasteiger partial charge in [0.05, 0.1) is 13.2 Å². The molecule has 1 rings (SSSR count). The number of rotatable bonds is 7. The quantitative estimate of drug-likeness (QED) is 0.435. The zero-order chi connectivity index (χ0) is 13.2. The number of hydrogen-bond donors (Lipinski definition) is 2. The Kier molecular flexibility index (Phi) is 6.87. The van der Waals surface area contributed by atoms with E-state index in [1.54, 1.807) is 7.11 Å². The number of aryl methyl sites for hydroxylation is 1. The number of nitrogens with zero attached hydrogens (tertiary/aromatic N) is 1. The van der Waals surface area contributed by atoms with E-state index in [9.17, 15) is 0 Å². The minimum absolute atomic E-state index is 0.484. The first kappa shape index (κ1) is 14.5. The lowest BCUT2D eigenvalue weighted by atomic mass is 10.1. The number of nitrogens with one attached hydrogen (secondary N) is 1. The minimum atomic E-state index is 0.484. The van der Waals surface area contributed by atoms with Gasteiger partial charge < -0.3 is 15.8 Å². The van der Waals surface area contributed by atoms with Crippen molar-refractivity contribution >= 4 is 5.96 Å². The standard InChI is InChI=1S/C14H23N3O/c1-3-12-4-6-13(7-5-12)8-9-16-14(15)17-10-11-18-2/h4-7H,3,8-11H2,1-2H3,(H3,15,16,17). The molecule has 18 heavy (non-hydrogen) atoms. The van der Waals surface area contributed by atoms with Gasteiger partial charge in [-0.1, -0.05) is 31.2 Å². The Labute approximate surface area is 109 Å². The number of benzene rings is 1. The summed E-state index contributed by atoms with van der Waals surface area (Å²) in [6, 6.07) is 8.67. The van der Waals surface area contributed by atoms with Crippen LogP contribution in [0, 0.1) is 0 Å². The van der Waals surface area contributed by atoms with E-state index in [0.717, 1.165) is 19.4 Å². The van der Waals surface area contributed by atoms with E-state index in [2.05, 4.69) is 41.5 Å². The van der Waals surface area contributed by atoms with Crippen LogP contribution in [0.15, 0.2) is 29.3 Å². The highest BCUT2D eigenvalue weighted by atomic mass is 16.5. The van der Waals surface area contributed by atoms with Gasteiger partial charge in [-0.3, -0.25) is 4.99 Å². The third-order valence-corrected chi connectivity index (χ3v) is 2.73. The molecule has 1 aromatic carbocycles. The minimum Gasteiger partial charge on any atom is -0.383 e. The average molecular weight is 249 g/mol. The highest BCUT2D eigenvalue weighted by Crippen LogP contribution is 2.05. The van der Waals surface area contributed by atoms with E-state index in [-0.39, 0.29) is 0 Å². The molecule has 0 aromatic heterocycles. The van der Waals surface area contributed by atoms with E-state index in [1.807, 2.05) is 0 Å². The van der Waals surface area contributed by atoms with Crippen LogP contribution >= 0.6 is 0 Å². The zero-order valence-corrected chi connectivity index (χ0v) is 11.3. The number of ether oxygens (including phenoxy) is 1. The van der Waals surface area contributed by atoms with Crippen molar-refractivity contribution in [3.05, 3.63) is 35.4 Å². The van der Waals surface area contributed by atoms with E-state index < -0.39 is 0 Å². The monoisotopic (exact) mass is 249 g/mol.